The van der Waals surface area contributed by atoms with Gasteiger partial charge in [-0.2, -0.15) is 10.2 Å². The van der Waals surface area contributed by atoms with Crippen molar-refractivity contribution in [2.75, 3.05) is 6.61 Å². The Balaban J connectivity index is 1.51. The molecule has 0 spiro atoms. The lowest BCUT2D eigenvalue weighted by molar-refractivity contribution is -0.147. The van der Waals surface area contributed by atoms with Gasteiger partial charge in [0, 0.05) is 6.42 Å². The van der Waals surface area contributed by atoms with Gasteiger partial charge in [0.05, 0.1) is 24.4 Å². The van der Waals surface area contributed by atoms with E-state index in [-0.39, 0.29) is 6.42 Å². The standard InChI is InChI=1S/C30H41N3O6/c1-2-3-11-23-13-15-24(16-14-23)32-33-25-17-19-26(20-18-25)39-21-10-8-6-4-5-7-9-12-28(34)31-27(30(37)38)22-29(35)36/h13-20,27H,2-12,21-22H2,1H3,(H,31,34)(H,35,36)(H,37,38)/t27-/m0/s1. The van der Waals surface area contributed by atoms with Gasteiger partial charge in [-0.15, -0.1) is 0 Å². The highest BCUT2D eigenvalue weighted by molar-refractivity contribution is 5.86. The van der Waals surface area contributed by atoms with Crippen LogP contribution in [0.15, 0.2) is 58.8 Å². The molecule has 9 heteroatoms. The van der Waals surface area contributed by atoms with Crippen LogP contribution in [0.3, 0.4) is 0 Å². The van der Waals surface area contributed by atoms with Crippen LogP contribution in [0.2, 0.25) is 0 Å². The minimum atomic E-state index is -1.39. The lowest BCUT2D eigenvalue weighted by atomic mass is 10.1. The number of azo groups is 1. The maximum atomic E-state index is 11.8. The van der Waals surface area contributed by atoms with Gasteiger partial charge in [0.2, 0.25) is 5.91 Å². The quantitative estimate of drug-likeness (QED) is 0.122. The molecule has 212 valence electrons. The molecule has 0 unspecified atom stereocenters. The Morgan fingerprint density at radius 2 is 1.36 bits per heavy atom. The molecule has 0 aliphatic rings. The highest BCUT2D eigenvalue weighted by atomic mass is 16.5. The summed E-state index contributed by atoms with van der Waals surface area (Å²) in [6, 6.07) is 14.4. The smallest absolute Gasteiger partial charge is 0.326 e. The lowest BCUT2D eigenvalue weighted by Crippen LogP contribution is -2.42. The zero-order valence-electron chi connectivity index (χ0n) is 22.8. The van der Waals surface area contributed by atoms with Crippen LogP contribution < -0.4 is 10.1 Å². The van der Waals surface area contributed by atoms with E-state index in [4.69, 9.17) is 14.9 Å². The van der Waals surface area contributed by atoms with Gasteiger partial charge >= 0.3 is 11.9 Å². The van der Waals surface area contributed by atoms with Crippen LogP contribution in [-0.2, 0) is 20.8 Å². The third kappa shape index (κ3) is 14.1. The molecule has 2 aromatic rings. The molecule has 0 aliphatic heterocycles. The number of carbonyl (C=O) groups excluding carboxylic acids is 1. The minimum Gasteiger partial charge on any atom is -0.494 e. The predicted molar refractivity (Wildman–Crippen MR) is 150 cm³/mol. The first kappa shape index (κ1) is 31.5. The number of carboxylic acid groups (broad SMARTS) is 2. The Kier molecular flexibility index (Phi) is 14.9. The second kappa shape index (κ2) is 18.5. The topological polar surface area (TPSA) is 138 Å². The maximum absolute atomic E-state index is 11.8. The number of aryl methyl sites for hydroxylation is 1. The zero-order valence-corrected chi connectivity index (χ0v) is 22.8. The van der Waals surface area contributed by atoms with Crippen molar-refractivity contribution in [3.63, 3.8) is 0 Å². The number of hydrogen-bond donors (Lipinski definition) is 3. The monoisotopic (exact) mass is 539 g/mol. The number of unbranched alkanes of at least 4 members (excludes halogenated alkanes) is 7. The van der Waals surface area contributed by atoms with Crippen molar-refractivity contribution in [1.29, 1.82) is 0 Å². The highest BCUT2D eigenvalue weighted by Crippen LogP contribution is 2.22. The summed E-state index contributed by atoms with van der Waals surface area (Å²) in [5, 5.41) is 28.5. The number of ether oxygens (including phenoxy) is 1. The van der Waals surface area contributed by atoms with Crippen LogP contribution >= 0.6 is 0 Å². The number of nitrogens with one attached hydrogen (secondary N) is 1. The van der Waals surface area contributed by atoms with E-state index in [1.54, 1.807) is 0 Å². The average molecular weight is 540 g/mol. The Morgan fingerprint density at radius 3 is 1.92 bits per heavy atom. The summed E-state index contributed by atoms with van der Waals surface area (Å²) in [5.41, 5.74) is 2.93. The molecule has 0 saturated carbocycles. The van der Waals surface area contributed by atoms with E-state index < -0.39 is 30.3 Å². The average Bonchev–Trinajstić information content (AvgIpc) is 2.92. The summed E-state index contributed by atoms with van der Waals surface area (Å²) < 4.78 is 5.82. The molecule has 1 amide bonds. The third-order valence-corrected chi connectivity index (χ3v) is 6.20. The third-order valence-electron chi connectivity index (χ3n) is 6.20. The molecule has 0 heterocycles. The fourth-order valence-corrected chi connectivity index (χ4v) is 3.94. The van der Waals surface area contributed by atoms with Gasteiger partial charge in [0.15, 0.2) is 0 Å². The molecular formula is C30H41N3O6. The van der Waals surface area contributed by atoms with Gasteiger partial charge in [0.25, 0.3) is 0 Å². The summed E-state index contributed by atoms with van der Waals surface area (Å²) in [6.45, 7) is 2.84. The van der Waals surface area contributed by atoms with Crippen LogP contribution in [0.5, 0.6) is 5.75 Å². The summed E-state index contributed by atoms with van der Waals surface area (Å²) in [5.74, 6) is -2.22. The minimum absolute atomic E-state index is 0.198. The molecule has 1 atom stereocenters. The Bertz CT molecular complexity index is 1040. The van der Waals surface area contributed by atoms with Crippen molar-refractivity contribution >= 4 is 29.2 Å². The molecular weight excluding hydrogens is 498 g/mol. The summed E-state index contributed by atoms with van der Waals surface area (Å²) >= 11 is 0. The largest absolute Gasteiger partial charge is 0.494 e. The first-order valence-corrected chi connectivity index (χ1v) is 13.8. The van der Waals surface area contributed by atoms with Crippen molar-refractivity contribution in [2.45, 2.75) is 90.0 Å². The second-order valence-corrected chi connectivity index (χ2v) is 9.59. The van der Waals surface area contributed by atoms with Gasteiger partial charge in [0.1, 0.15) is 11.8 Å². The maximum Gasteiger partial charge on any atom is 0.326 e. The fraction of sp³-hybridized carbons (Fsp3) is 0.500. The van der Waals surface area contributed by atoms with E-state index >= 15 is 0 Å². The van der Waals surface area contributed by atoms with Crippen molar-refractivity contribution < 1.29 is 29.3 Å². The predicted octanol–water partition coefficient (Wildman–Crippen LogP) is 6.99. The Labute approximate surface area is 230 Å². The van der Waals surface area contributed by atoms with E-state index in [9.17, 15) is 14.4 Å². The molecule has 0 bridgehead atoms. The van der Waals surface area contributed by atoms with E-state index in [2.05, 4.69) is 34.6 Å². The zero-order chi connectivity index (χ0) is 28.3. The number of carboxylic acids is 2. The van der Waals surface area contributed by atoms with Crippen LogP contribution in [-0.4, -0.2) is 40.7 Å². The second-order valence-electron chi connectivity index (χ2n) is 9.59. The molecule has 3 N–H and O–H groups in total. The Hall–Kier alpha value is -3.75. The van der Waals surface area contributed by atoms with E-state index in [1.807, 2.05) is 36.4 Å². The first-order chi connectivity index (χ1) is 18.9. The van der Waals surface area contributed by atoms with Gasteiger partial charge in [-0.1, -0.05) is 57.6 Å². The number of nitrogens with zero attached hydrogens (tertiary/aromatic N) is 2. The van der Waals surface area contributed by atoms with E-state index in [0.29, 0.717) is 13.0 Å². The number of hydrogen-bond acceptors (Lipinski definition) is 6. The van der Waals surface area contributed by atoms with Crippen LogP contribution in [0, 0.1) is 0 Å². The van der Waals surface area contributed by atoms with Gasteiger partial charge in [-0.05, 0) is 67.6 Å². The SMILES string of the molecule is CCCCc1ccc(N=Nc2ccc(OCCCCCCCCCC(=O)N[C@@H](CC(=O)O)C(=O)O)cc2)cc1. The van der Waals surface area contributed by atoms with Gasteiger partial charge in [-0.25, -0.2) is 4.79 Å². The number of amides is 1. The molecule has 39 heavy (non-hydrogen) atoms. The molecule has 2 aromatic carbocycles. The summed E-state index contributed by atoms with van der Waals surface area (Å²) in [7, 11) is 0. The Morgan fingerprint density at radius 1 is 0.795 bits per heavy atom. The highest BCUT2D eigenvalue weighted by Gasteiger charge is 2.22. The van der Waals surface area contributed by atoms with Crippen molar-refractivity contribution in [3.05, 3.63) is 54.1 Å². The van der Waals surface area contributed by atoms with Crippen LogP contribution in [0.1, 0.15) is 83.1 Å². The number of aliphatic carboxylic acids is 2. The van der Waals surface area contributed by atoms with Gasteiger partial charge < -0.3 is 20.3 Å². The molecule has 0 aliphatic carbocycles. The molecule has 0 fully saturated rings. The van der Waals surface area contributed by atoms with E-state index in [0.717, 1.165) is 62.1 Å². The molecule has 0 aromatic heterocycles. The lowest BCUT2D eigenvalue weighted by Gasteiger charge is -2.12. The summed E-state index contributed by atoms with van der Waals surface area (Å²) in [6.07, 6.45) is 9.70. The summed E-state index contributed by atoms with van der Waals surface area (Å²) in [4.78, 5) is 33.5. The van der Waals surface area contributed by atoms with E-state index in [1.165, 1.54) is 18.4 Å². The molecule has 9 nitrogen and oxygen atoms in total. The van der Waals surface area contributed by atoms with Crippen LogP contribution in [0.4, 0.5) is 11.4 Å². The van der Waals surface area contributed by atoms with Crippen molar-refractivity contribution in [3.8, 4) is 5.75 Å². The van der Waals surface area contributed by atoms with Crippen molar-refractivity contribution in [1.82, 2.24) is 5.32 Å². The normalized spacial score (nSPS) is 11.8. The van der Waals surface area contributed by atoms with Gasteiger partial charge in [-0.3, -0.25) is 9.59 Å². The molecule has 0 saturated heterocycles. The van der Waals surface area contributed by atoms with Crippen LogP contribution in [0.25, 0.3) is 0 Å². The number of carbonyl (C=O) groups is 3. The number of rotatable bonds is 20. The van der Waals surface area contributed by atoms with Crippen molar-refractivity contribution in [2.24, 2.45) is 10.2 Å². The molecule has 2 rings (SSSR count). The first-order valence-electron chi connectivity index (χ1n) is 13.8. The fourth-order valence-electron chi connectivity index (χ4n) is 3.94. The molecule has 0 radical (unpaired) electrons. The number of benzene rings is 2.